The van der Waals surface area contributed by atoms with Crippen molar-refractivity contribution in [1.82, 2.24) is 14.9 Å². The first kappa shape index (κ1) is 17.1. The number of carbonyl (C=O) groups is 1. The van der Waals surface area contributed by atoms with E-state index in [1.54, 1.807) is 7.11 Å². The van der Waals surface area contributed by atoms with Gasteiger partial charge in [-0.1, -0.05) is 6.42 Å². The van der Waals surface area contributed by atoms with Gasteiger partial charge in [0.2, 0.25) is 0 Å². The van der Waals surface area contributed by atoms with Crippen LogP contribution >= 0.6 is 11.3 Å². The maximum atomic E-state index is 12.5. The number of H-pyrrole nitrogens is 1. The van der Waals surface area contributed by atoms with Crippen molar-refractivity contribution in [2.75, 3.05) is 25.5 Å². The third-order valence-corrected chi connectivity index (χ3v) is 5.49. The monoisotopic (exact) mass is 370 g/mol. The molecule has 0 radical (unpaired) electrons. The number of hydrogen-bond donors (Lipinski definition) is 2. The Balaban J connectivity index is 1.43. The zero-order chi connectivity index (χ0) is 17.9. The van der Waals surface area contributed by atoms with Gasteiger partial charge in [-0.2, -0.15) is 0 Å². The molecule has 3 heterocycles. The molecule has 1 aromatic carbocycles. The van der Waals surface area contributed by atoms with Crippen molar-refractivity contribution in [3.05, 3.63) is 41.0 Å². The Morgan fingerprint density at radius 2 is 2.15 bits per heavy atom. The van der Waals surface area contributed by atoms with Crippen LogP contribution in [0.15, 0.2) is 29.6 Å². The first-order valence-corrected chi connectivity index (χ1v) is 9.74. The summed E-state index contributed by atoms with van der Waals surface area (Å²) in [5, 5.41) is 6.50. The number of amides is 1. The van der Waals surface area contributed by atoms with Crippen molar-refractivity contribution in [2.45, 2.75) is 25.8 Å². The summed E-state index contributed by atoms with van der Waals surface area (Å²) in [5.74, 6) is 0.588. The number of aromatic nitrogens is 2. The maximum absolute atomic E-state index is 12.5. The summed E-state index contributed by atoms with van der Waals surface area (Å²) in [6, 6.07) is 7.51. The van der Waals surface area contributed by atoms with Crippen LogP contribution in [-0.2, 0) is 6.54 Å². The number of methoxy groups -OCH3 is 1. The number of rotatable bonds is 5. The summed E-state index contributed by atoms with van der Waals surface area (Å²) in [7, 11) is 1.63. The highest BCUT2D eigenvalue weighted by atomic mass is 32.1. The predicted molar refractivity (Wildman–Crippen MR) is 104 cm³/mol. The van der Waals surface area contributed by atoms with E-state index in [4.69, 9.17) is 4.74 Å². The summed E-state index contributed by atoms with van der Waals surface area (Å²) < 4.78 is 5.23. The smallest absolute Gasteiger partial charge is 0.273 e. The second-order valence-corrected chi connectivity index (χ2v) is 7.43. The van der Waals surface area contributed by atoms with Crippen LogP contribution < -0.4 is 10.1 Å². The number of fused-ring (bicyclic) bond motifs is 1. The van der Waals surface area contributed by atoms with Crippen molar-refractivity contribution in [3.8, 4) is 5.75 Å². The van der Waals surface area contributed by atoms with Gasteiger partial charge in [0.1, 0.15) is 11.4 Å². The Labute approximate surface area is 156 Å². The van der Waals surface area contributed by atoms with Gasteiger partial charge in [0, 0.05) is 22.8 Å². The molecule has 6 nitrogen and oxygen atoms in total. The molecule has 1 aliphatic rings. The fraction of sp³-hybridized carbons (Fsp3) is 0.368. The number of nitrogens with one attached hydrogen (secondary N) is 2. The van der Waals surface area contributed by atoms with Gasteiger partial charge in [-0.25, -0.2) is 4.98 Å². The topological polar surface area (TPSA) is 70.2 Å². The third kappa shape index (κ3) is 3.73. The van der Waals surface area contributed by atoms with Gasteiger partial charge in [0.05, 0.1) is 12.8 Å². The average molecular weight is 370 g/mol. The fourth-order valence-electron chi connectivity index (χ4n) is 3.31. The summed E-state index contributed by atoms with van der Waals surface area (Å²) in [6.45, 7) is 3.13. The van der Waals surface area contributed by atoms with Gasteiger partial charge in [0.25, 0.3) is 5.91 Å². The molecule has 0 bridgehead atoms. The molecule has 3 aromatic rings. The minimum absolute atomic E-state index is 0.181. The molecular formula is C19H22N4O2S. The number of piperidine rings is 1. The standard InChI is InChI=1S/C19H22N4O2S/c1-25-15-5-6-16-13(9-15)10-17(21-16)18(24)22-19-20-14(12-26-19)11-23-7-3-2-4-8-23/h5-6,9-10,12,21H,2-4,7-8,11H2,1H3,(H,20,22,24). The van der Waals surface area contributed by atoms with Crippen LogP contribution in [0.25, 0.3) is 10.9 Å². The molecule has 1 saturated heterocycles. The molecule has 2 N–H and O–H groups in total. The van der Waals surface area contributed by atoms with Crippen molar-refractivity contribution in [1.29, 1.82) is 0 Å². The van der Waals surface area contributed by atoms with Gasteiger partial charge < -0.3 is 9.72 Å². The minimum Gasteiger partial charge on any atom is -0.497 e. The van der Waals surface area contributed by atoms with Crippen LogP contribution in [0.1, 0.15) is 35.4 Å². The van der Waals surface area contributed by atoms with Crippen molar-refractivity contribution >= 4 is 33.3 Å². The fourth-order valence-corrected chi connectivity index (χ4v) is 4.00. The SMILES string of the molecule is COc1ccc2[nH]c(C(=O)Nc3nc(CN4CCCCC4)cs3)cc2c1. The van der Waals surface area contributed by atoms with E-state index in [1.165, 1.54) is 30.6 Å². The number of carbonyl (C=O) groups excluding carboxylic acids is 1. The van der Waals surface area contributed by atoms with E-state index in [-0.39, 0.29) is 5.91 Å². The number of aromatic amines is 1. The minimum atomic E-state index is -0.181. The number of anilines is 1. The molecule has 0 spiro atoms. The summed E-state index contributed by atoms with van der Waals surface area (Å²) >= 11 is 1.47. The maximum Gasteiger partial charge on any atom is 0.273 e. The molecular weight excluding hydrogens is 348 g/mol. The predicted octanol–water partition coefficient (Wildman–Crippen LogP) is 3.87. The largest absolute Gasteiger partial charge is 0.497 e. The molecule has 0 atom stereocenters. The third-order valence-electron chi connectivity index (χ3n) is 4.68. The van der Waals surface area contributed by atoms with Gasteiger partial charge in [0.15, 0.2) is 5.13 Å². The summed E-state index contributed by atoms with van der Waals surface area (Å²) in [6.07, 6.45) is 3.85. The van der Waals surface area contributed by atoms with Gasteiger partial charge >= 0.3 is 0 Å². The van der Waals surface area contributed by atoms with Gasteiger partial charge in [-0.15, -0.1) is 11.3 Å². The number of thiazole rings is 1. The molecule has 4 rings (SSSR count). The van der Waals surface area contributed by atoms with E-state index in [0.717, 1.165) is 42.0 Å². The average Bonchev–Trinajstić information content (AvgIpc) is 3.28. The first-order valence-electron chi connectivity index (χ1n) is 8.86. The van der Waals surface area contributed by atoms with Crippen molar-refractivity contribution in [3.63, 3.8) is 0 Å². The number of benzene rings is 1. The molecule has 7 heteroatoms. The second kappa shape index (κ2) is 7.47. The Hall–Kier alpha value is -2.38. The molecule has 0 unspecified atom stereocenters. The number of likely N-dealkylation sites (tertiary alicyclic amines) is 1. The quantitative estimate of drug-likeness (QED) is 0.715. The van der Waals surface area contributed by atoms with Crippen LogP contribution in [-0.4, -0.2) is 41.0 Å². The lowest BCUT2D eigenvalue weighted by molar-refractivity contribution is 0.102. The Bertz CT molecular complexity index is 911. The molecule has 0 aliphatic carbocycles. The molecule has 136 valence electrons. The van der Waals surface area contributed by atoms with Crippen molar-refractivity contribution < 1.29 is 9.53 Å². The number of ether oxygens (including phenoxy) is 1. The Morgan fingerprint density at radius 3 is 2.96 bits per heavy atom. The van der Waals surface area contributed by atoms with Gasteiger partial charge in [-0.3, -0.25) is 15.0 Å². The number of hydrogen-bond acceptors (Lipinski definition) is 5. The Morgan fingerprint density at radius 1 is 1.31 bits per heavy atom. The van der Waals surface area contributed by atoms with E-state index in [1.807, 2.05) is 29.6 Å². The molecule has 2 aromatic heterocycles. The van der Waals surface area contributed by atoms with Crippen molar-refractivity contribution in [2.24, 2.45) is 0 Å². The molecule has 1 amide bonds. The van der Waals surface area contributed by atoms with E-state index in [2.05, 4.69) is 20.2 Å². The lowest BCUT2D eigenvalue weighted by Gasteiger charge is -2.25. The molecule has 0 saturated carbocycles. The molecule has 26 heavy (non-hydrogen) atoms. The van der Waals surface area contributed by atoms with Crippen LogP contribution in [0.2, 0.25) is 0 Å². The van der Waals surface area contributed by atoms with E-state index in [9.17, 15) is 4.79 Å². The molecule has 1 aliphatic heterocycles. The van der Waals surface area contributed by atoms with Crippen LogP contribution in [0, 0.1) is 0 Å². The lowest BCUT2D eigenvalue weighted by Crippen LogP contribution is -2.29. The van der Waals surface area contributed by atoms with Gasteiger partial charge in [-0.05, 0) is 50.2 Å². The second-order valence-electron chi connectivity index (χ2n) is 6.57. The highest BCUT2D eigenvalue weighted by Gasteiger charge is 2.15. The highest BCUT2D eigenvalue weighted by molar-refractivity contribution is 7.13. The van der Waals surface area contributed by atoms with Crippen LogP contribution in [0.4, 0.5) is 5.13 Å². The van der Waals surface area contributed by atoms with E-state index in [0.29, 0.717) is 10.8 Å². The number of nitrogens with zero attached hydrogens (tertiary/aromatic N) is 2. The van der Waals surface area contributed by atoms with Crippen LogP contribution in [0.3, 0.4) is 0 Å². The van der Waals surface area contributed by atoms with E-state index < -0.39 is 0 Å². The highest BCUT2D eigenvalue weighted by Crippen LogP contribution is 2.23. The Kier molecular flexibility index (Phi) is 4.90. The zero-order valence-corrected chi connectivity index (χ0v) is 15.6. The summed E-state index contributed by atoms with van der Waals surface area (Å²) in [5.41, 5.74) is 2.44. The van der Waals surface area contributed by atoms with Crippen LogP contribution in [0.5, 0.6) is 5.75 Å². The lowest BCUT2D eigenvalue weighted by atomic mass is 10.1. The normalized spacial score (nSPS) is 15.3. The first-order chi connectivity index (χ1) is 12.7. The summed E-state index contributed by atoms with van der Waals surface area (Å²) in [4.78, 5) is 22.6. The van der Waals surface area contributed by atoms with E-state index >= 15 is 0 Å². The zero-order valence-electron chi connectivity index (χ0n) is 14.7. The molecule has 1 fully saturated rings.